The smallest absolute Gasteiger partial charge is 0.296 e. The number of nitrogens with zero attached hydrogens (tertiary/aromatic N) is 1. The average molecular weight is 299 g/mol. The van der Waals surface area contributed by atoms with Crippen molar-refractivity contribution in [2.75, 3.05) is 7.11 Å². The van der Waals surface area contributed by atoms with Gasteiger partial charge in [-0.3, -0.25) is 9.78 Å². The first-order valence-corrected chi connectivity index (χ1v) is 5.85. The minimum atomic E-state index is -0.777. The molecule has 0 aliphatic rings. The lowest BCUT2D eigenvalue weighted by Gasteiger charge is -2.06. The standard InChI is InChI=1S/C13H9ClF2N2O2/c1-20-13-17-11-8(12(19)18-13)6-9(14)7(10(11)16)4-2-3-5-15/h2-6H,1H3,(H,17,18,19)/b4-2+,5-3+. The molecule has 7 heteroatoms. The molecule has 0 radical (unpaired) electrons. The zero-order valence-electron chi connectivity index (χ0n) is 10.3. The first-order valence-electron chi connectivity index (χ1n) is 5.48. The highest BCUT2D eigenvalue weighted by molar-refractivity contribution is 6.32. The lowest BCUT2D eigenvalue weighted by molar-refractivity contribution is 0.380. The number of nitrogens with one attached hydrogen (secondary N) is 1. The van der Waals surface area contributed by atoms with Gasteiger partial charge in [0.1, 0.15) is 5.52 Å². The molecule has 0 atom stereocenters. The van der Waals surface area contributed by atoms with Crippen molar-refractivity contribution in [2.45, 2.75) is 0 Å². The van der Waals surface area contributed by atoms with Crippen LogP contribution in [0.1, 0.15) is 5.56 Å². The number of aromatic amines is 1. The molecule has 0 spiro atoms. The summed E-state index contributed by atoms with van der Waals surface area (Å²) in [6, 6.07) is 1.19. The monoisotopic (exact) mass is 298 g/mol. The molecule has 2 aromatic rings. The van der Waals surface area contributed by atoms with Crippen LogP contribution in [-0.4, -0.2) is 17.1 Å². The highest BCUT2D eigenvalue weighted by Crippen LogP contribution is 2.27. The Hall–Kier alpha value is -2.21. The van der Waals surface area contributed by atoms with E-state index < -0.39 is 11.4 Å². The molecule has 1 N–H and O–H groups in total. The van der Waals surface area contributed by atoms with Gasteiger partial charge in [-0.15, -0.1) is 0 Å². The molecular weight excluding hydrogens is 290 g/mol. The van der Waals surface area contributed by atoms with Gasteiger partial charge in [0.2, 0.25) is 0 Å². The molecule has 2 rings (SSSR count). The van der Waals surface area contributed by atoms with E-state index in [-0.39, 0.29) is 27.5 Å². The van der Waals surface area contributed by atoms with Gasteiger partial charge >= 0.3 is 0 Å². The van der Waals surface area contributed by atoms with Crippen molar-refractivity contribution in [1.29, 1.82) is 0 Å². The highest BCUT2D eigenvalue weighted by atomic mass is 35.5. The summed E-state index contributed by atoms with van der Waals surface area (Å²) in [4.78, 5) is 17.9. The Morgan fingerprint density at radius 3 is 2.85 bits per heavy atom. The molecule has 0 saturated carbocycles. The number of rotatable bonds is 3. The second kappa shape index (κ2) is 5.83. The Labute approximate surface area is 117 Å². The Morgan fingerprint density at radius 1 is 1.45 bits per heavy atom. The zero-order valence-corrected chi connectivity index (χ0v) is 11.0. The predicted molar refractivity (Wildman–Crippen MR) is 73.2 cm³/mol. The third-order valence-electron chi connectivity index (χ3n) is 2.55. The Kier molecular flexibility index (Phi) is 4.14. The first kappa shape index (κ1) is 14.2. The van der Waals surface area contributed by atoms with Crippen LogP contribution in [0.2, 0.25) is 5.02 Å². The van der Waals surface area contributed by atoms with E-state index in [1.54, 1.807) is 0 Å². The largest absolute Gasteiger partial charge is 0.468 e. The van der Waals surface area contributed by atoms with Crippen molar-refractivity contribution in [2.24, 2.45) is 0 Å². The fraction of sp³-hybridized carbons (Fsp3) is 0.0769. The molecular formula is C13H9ClF2N2O2. The van der Waals surface area contributed by atoms with Gasteiger partial charge < -0.3 is 4.74 Å². The van der Waals surface area contributed by atoms with Crippen LogP contribution in [0, 0.1) is 5.82 Å². The normalized spacial score (nSPS) is 11.8. The van der Waals surface area contributed by atoms with Gasteiger partial charge in [-0.2, -0.15) is 4.98 Å². The van der Waals surface area contributed by atoms with Crippen LogP contribution in [0.3, 0.4) is 0 Å². The molecule has 0 unspecified atom stereocenters. The van der Waals surface area contributed by atoms with Crippen LogP contribution in [0.15, 0.2) is 29.3 Å². The highest BCUT2D eigenvalue weighted by Gasteiger charge is 2.15. The maximum atomic E-state index is 14.3. The van der Waals surface area contributed by atoms with Crippen molar-refractivity contribution in [3.8, 4) is 6.01 Å². The maximum Gasteiger partial charge on any atom is 0.296 e. The molecule has 0 saturated heterocycles. The quantitative estimate of drug-likeness (QED) is 0.885. The van der Waals surface area contributed by atoms with Crippen molar-refractivity contribution < 1.29 is 13.5 Å². The van der Waals surface area contributed by atoms with Crippen molar-refractivity contribution in [3.63, 3.8) is 0 Å². The Bertz CT molecular complexity index is 769. The number of aromatic nitrogens is 2. The van der Waals surface area contributed by atoms with Crippen LogP contribution < -0.4 is 10.3 Å². The van der Waals surface area contributed by atoms with Crippen LogP contribution in [0.5, 0.6) is 6.01 Å². The fourth-order valence-corrected chi connectivity index (χ4v) is 1.90. The number of allylic oxidation sites excluding steroid dienone is 2. The summed E-state index contributed by atoms with van der Waals surface area (Å²) in [5.74, 6) is -0.777. The molecule has 1 aromatic carbocycles. The average Bonchev–Trinajstić information content (AvgIpc) is 2.43. The molecule has 0 amide bonds. The lowest BCUT2D eigenvalue weighted by atomic mass is 10.1. The van der Waals surface area contributed by atoms with E-state index in [2.05, 4.69) is 9.97 Å². The van der Waals surface area contributed by atoms with Crippen LogP contribution in [0.25, 0.3) is 17.0 Å². The molecule has 20 heavy (non-hydrogen) atoms. The van der Waals surface area contributed by atoms with Gasteiger partial charge in [-0.05, 0) is 12.1 Å². The minimum absolute atomic E-state index is 0.00600. The molecule has 1 aromatic heterocycles. The maximum absolute atomic E-state index is 14.3. The van der Waals surface area contributed by atoms with Crippen LogP contribution >= 0.6 is 11.6 Å². The minimum Gasteiger partial charge on any atom is -0.468 e. The SMILES string of the molecule is COc1nc2c(F)c(/C=C/C=C/F)c(Cl)cc2c(=O)[nH]1. The van der Waals surface area contributed by atoms with E-state index >= 15 is 0 Å². The fourth-order valence-electron chi connectivity index (χ4n) is 1.64. The first-order chi connectivity index (χ1) is 9.58. The van der Waals surface area contributed by atoms with Crippen LogP contribution in [-0.2, 0) is 0 Å². The number of fused-ring (bicyclic) bond motifs is 1. The topological polar surface area (TPSA) is 55.0 Å². The van der Waals surface area contributed by atoms with E-state index in [1.165, 1.54) is 25.3 Å². The van der Waals surface area contributed by atoms with Gasteiger partial charge in [-0.25, -0.2) is 8.78 Å². The second-order valence-corrected chi connectivity index (χ2v) is 4.14. The van der Waals surface area contributed by atoms with E-state index in [9.17, 15) is 13.6 Å². The second-order valence-electron chi connectivity index (χ2n) is 3.73. The summed E-state index contributed by atoms with van der Waals surface area (Å²) < 4.78 is 31.0. The van der Waals surface area contributed by atoms with Crippen molar-refractivity contribution in [1.82, 2.24) is 9.97 Å². The number of halogens is 3. The number of hydrogen-bond acceptors (Lipinski definition) is 3. The third kappa shape index (κ3) is 2.55. The molecule has 0 aliphatic carbocycles. The Morgan fingerprint density at radius 2 is 2.20 bits per heavy atom. The third-order valence-corrected chi connectivity index (χ3v) is 2.86. The number of H-pyrrole nitrogens is 1. The summed E-state index contributed by atoms with van der Waals surface area (Å²) in [5, 5.41) is 0.0301. The summed E-state index contributed by atoms with van der Waals surface area (Å²) in [5.41, 5.74) is -0.719. The van der Waals surface area contributed by atoms with Crippen LogP contribution in [0.4, 0.5) is 8.78 Å². The van der Waals surface area contributed by atoms with Gasteiger partial charge in [-0.1, -0.05) is 23.8 Å². The molecule has 4 nitrogen and oxygen atoms in total. The molecule has 0 fully saturated rings. The van der Waals surface area contributed by atoms with E-state index in [0.717, 1.165) is 6.08 Å². The zero-order chi connectivity index (χ0) is 14.7. The number of ether oxygens (including phenoxy) is 1. The summed E-state index contributed by atoms with van der Waals surface area (Å²) in [7, 11) is 1.30. The van der Waals surface area contributed by atoms with E-state index in [4.69, 9.17) is 16.3 Å². The van der Waals surface area contributed by atoms with Crippen molar-refractivity contribution >= 4 is 28.6 Å². The summed E-state index contributed by atoms with van der Waals surface area (Å²) in [6.45, 7) is 0. The predicted octanol–water partition coefficient (Wildman–Crippen LogP) is 3.22. The Balaban J connectivity index is 2.76. The number of benzene rings is 1. The van der Waals surface area contributed by atoms with E-state index in [0.29, 0.717) is 6.33 Å². The van der Waals surface area contributed by atoms with Crippen molar-refractivity contribution in [3.05, 3.63) is 51.3 Å². The molecule has 0 aliphatic heterocycles. The van der Waals surface area contributed by atoms with Gasteiger partial charge in [0.15, 0.2) is 5.82 Å². The van der Waals surface area contributed by atoms with Gasteiger partial charge in [0.05, 0.1) is 23.8 Å². The molecule has 104 valence electrons. The van der Waals surface area contributed by atoms with Gasteiger partial charge in [0, 0.05) is 5.56 Å². The number of hydrogen-bond donors (Lipinski definition) is 1. The molecule has 0 bridgehead atoms. The summed E-state index contributed by atoms with van der Waals surface area (Å²) >= 11 is 5.91. The lowest BCUT2D eigenvalue weighted by Crippen LogP contribution is -2.11. The molecule has 1 heterocycles. The summed E-state index contributed by atoms with van der Waals surface area (Å²) in [6.07, 6.45) is 3.93. The van der Waals surface area contributed by atoms with Gasteiger partial charge in [0.25, 0.3) is 11.6 Å². The number of methoxy groups -OCH3 is 1. The van der Waals surface area contributed by atoms with E-state index in [1.807, 2.05) is 0 Å².